The number of benzene rings is 3. The summed E-state index contributed by atoms with van der Waals surface area (Å²) in [5.41, 5.74) is 5.30. The van der Waals surface area contributed by atoms with Crippen molar-refractivity contribution in [3.05, 3.63) is 106 Å². The minimum Gasteiger partial charge on any atom is -0.350 e. The van der Waals surface area contributed by atoms with Crippen molar-refractivity contribution in [1.29, 1.82) is 0 Å². The number of hydrogen-bond acceptors (Lipinski definition) is 3. The Morgan fingerprint density at radius 2 is 1.47 bits per heavy atom. The van der Waals surface area contributed by atoms with Crippen LogP contribution in [-0.2, 0) is 16.1 Å². The Bertz CT molecular complexity index is 1180. The summed E-state index contributed by atoms with van der Waals surface area (Å²) < 4.78 is 0. The lowest BCUT2D eigenvalue weighted by atomic mass is 10.0. The van der Waals surface area contributed by atoms with E-state index < -0.39 is 0 Å². The maximum absolute atomic E-state index is 13.4. The van der Waals surface area contributed by atoms with Crippen molar-refractivity contribution in [3.8, 4) is 0 Å². The summed E-state index contributed by atoms with van der Waals surface area (Å²) >= 11 is 5.98. The van der Waals surface area contributed by atoms with Gasteiger partial charge in [0, 0.05) is 10.7 Å². The van der Waals surface area contributed by atoms with Gasteiger partial charge < -0.3 is 5.32 Å². The number of amides is 2. The van der Waals surface area contributed by atoms with Crippen LogP contribution >= 0.6 is 11.6 Å². The second-order valence-electron chi connectivity index (χ2n) is 8.34. The largest absolute Gasteiger partial charge is 0.350 e. The number of aryl methyl sites for hydroxylation is 1. The number of nitrogens with one attached hydrogen (secondary N) is 1. The molecule has 0 atom stereocenters. The number of hydrogen-bond donors (Lipinski definition) is 1. The van der Waals surface area contributed by atoms with Gasteiger partial charge in [0.05, 0.1) is 12.1 Å². The predicted octanol–water partition coefficient (Wildman–Crippen LogP) is 6.16. The molecule has 162 valence electrons. The molecule has 0 aliphatic carbocycles. The van der Waals surface area contributed by atoms with E-state index in [0.717, 1.165) is 16.8 Å². The fourth-order valence-corrected chi connectivity index (χ4v) is 3.82. The van der Waals surface area contributed by atoms with Crippen molar-refractivity contribution < 1.29 is 9.59 Å². The van der Waals surface area contributed by atoms with Crippen molar-refractivity contribution in [2.75, 3.05) is 5.32 Å². The molecular formula is C27H25ClN2O2. The number of halogens is 1. The number of carbonyl (C=O) groups excluding carboxylic acids is 2. The molecule has 1 N–H and O–H groups in total. The number of nitrogens with zero attached hydrogens (tertiary/aromatic N) is 1. The molecule has 0 bridgehead atoms. The average molecular weight is 445 g/mol. The molecule has 4 rings (SSSR count). The molecule has 3 aromatic rings. The quantitative estimate of drug-likeness (QED) is 0.463. The Balaban J connectivity index is 1.70. The van der Waals surface area contributed by atoms with Crippen LogP contribution in [0.5, 0.6) is 0 Å². The van der Waals surface area contributed by atoms with E-state index >= 15 is 0 Å². The van der Waals surface area contributed by atoms with Crippen LogP contribution in [0.4, 0.5) is 5.69 Å². The van der Waals surface area contributed by atoms with Gasteiger partial charge >= 0.3 is 0 Å². The number of carbonyl (C=O) groups is 2. The van der Waals surface area contributed by atoms with Crippen LogP contribution in [0.2, 0.25) is 5.02 Å². The first-order valence-corrected chi connectivity index (χ1v) is 11.0. The average Bonchev–Trinajstić information content (AvgIpc) is 3.00. The molecule has 0 fully saturated rings. The van der Waals surface area contributed by atoms with Crippen molar-refractivity contribution in [1.82, 2.24) is 4.90 Å². The minimum atomic E-state index is -0.339. The molecule has 4 nitrogen and oxygen atoms in total. The molecule has 0 spiro atoms. The molecule has 1 aliphatic heterocycles. The Hall–Kier alpha value is -3.37. The number of imide groups is 1. The van der Waals surface area contributed by atoms with Crippen LogP contribution in [0.25, 0.3) is 5.57 Å². The third-order valence-electron chi connectivity index (χ3n) is 5.61. The normalized spacial score (nSPS) is 14.0. The smallest absolute Gasteiger partial charge is 0.278 e. The van der Waals surface area contributed by atoms with Crippen LogP contribution < -0.4 is 5.32 Å². The summed E-state index contributed by atoms with van der Waals surface area (Å²) in [5, 5.41) is 3.83. The summed E-state index contributed by atoms with van der Waals surface area (Å²) in [5.74, 6) is -0.237. The fraction of sp³-hybridized carbons (Fsp3) is 0.185. The van der Waals surface area contributed by atoms with E-state index in [1.165, 1.54) is 10.5 Å². The lowest BCUT2D eigenvalue weighted by Crippen LogP contribution is -2.32. The van der Waals surface area contributed by atoms with E-state index in [9.17, 15) is 9.59 Å². The van der Waals surface area contributed by atoms with E-state index in [2.05, 4.69) is 19.2 Å². The summed E-state index contributed by atoms with van der Waals surface area (Å²) in [7, 11) is 0. The van der Waals surface area contributed by atoms with E-state index in [1.807, 2.05) is 67.6 Å². The van der Waals surface area contributed by atoms with Gasteiger partial charge in [-0.3, -0.25) is 14.5 Å². The molecule has 0 saturated carbocycles. The maximum Gasteiger partial charge on any atom is 0.278 e. The van der Waals surface area contributed by atoms with Gasteiger partial charge in [0.25, 0.3) is 11.8 Å². The second-order valence-corrected chi connectivity index (χ2v) is 8.78. The van der Waals surface area contributed by atoms with Gasteiger partial charge in [-0.2, -0.15) is 0 Å². The van der Waals surface area contributed by atoms with Crippen molar-refractivity contribution in [2.45, 2.75) is 33.2 Å². The van der Waals surface area contributed by atoms with E-state index in [1.54, 1.807) is 12.1 Å². The third kappa shape index (κ3) is 4.46. The lowest BCUT2D eigenvalue weighted by molar-refractivity contribution is -0.137. The van der Waals surface area contributed by atoms with Crippen LogP contribution in [-0.4, -0.2) is 16.7 Å². The van der Waals surface area contributed by atoms with Gasteiger partial charge in [-0.05, 0) is 53.8 Å². The Labute approximate surface area is 193 Å². The Morgan fingerprint density at radius 3 is 2.06 bits per heavy atom. The van der Waals surface area contributed by atoms with Crippen molar-refractivity contribution >= 4 is 34.7 Å². The molecule has 0 unspecified atom stereocenters. The molecule has 1 heterocycles. The molecule has 5 heteroatoms. The van der Waals surface area contributed by atoms with Crippen molar-refractivity contribution in [2.24, 2.45) is 0 Å². The van der Waals surface area contributed by atoms with Crippen molar-refractivity contribution in [3.63, 3.8) is 0 Å². The zero-order chi connectivity index (χ0) is 22.8. The first-order chi connectivity index (χ1) is 15.3. The van der Waals surface area contributed by atoms with Gasteiger partial charge in [0.15, 0.2) is 0 Å². The molecule has 32 heavy (non-hydrogen) atoms. The van der Waals surface area contributed by atoms with Gasteiger partial charge in [-0.1, -0.05) is 79.5 Å². The highest BCUT2D eigenvalue weighted by atomic mass is 35.5. The highest BCUT2D eigenvalue weighted by Crippen LogP contribution is 2.32. The lowest BCUT2D eigenvalue weighted by Gasteiger charge is -2.15. The molecule has 0 radical (unpaired) electrons. The maximum atomic E-state index is 13.4. The van der Waals surface area contributed by atoms with Crippen LogP contribution in [0.3, 0.4) is 0 Å². The summed E-state index contributed by atoms with van der Waals surface area (Å²) in [4.78, 5) is 28.1. The van der Waals surface area contributed by atoms with E-state index in [-0.39, 0.29) is 18.4 Å². The minimum absolute atomic E-state index is 0.182. The topological polar surface area (TPSA) is 49.4 Å². The van der Waals surface area contributed by atoms with Gasteiger partial charge in [-0.25, -0.2) is 0 Å². The number of anilines is 1. The Morgan fingerprint density at radius 1 is 0.844 bits per heavy atom. The SMILES string of the molecule is Cc1ccc(C2=C(Nc3ccc(C(C)C)cc3)C(=O)N(Cc3ccc(Cl)cc3)C2=O)cc1. The zero-order valence-electron chi connectivity index (χ0n) is 18.4. The zero-order valence-corrected chi connectivity index (χ0v) is 19.1. The highest BCUT2D eigenvalue weighted by molar-refractivity contribution is 6.36. The summed E-state index contributed by atoms with van der Waals surface area (Å²) in [6.07, 6.45) is 0. The van der Waals surface area contributed by atoms with E-state index in [0.29, 0.717) is 27.8 Å². The first kappa shape index (κ1) is 21.8. The fourth-order valence-electron chi connectivity index (χ4n) is 3.69. The summed E-state index contributed by atoms with van der Waals surface area (Å²) in [6.45, 7) is 6.44. The Kier molecular flexibility index (Phi) is 6.15. The molecule has 0 saturated heterocycles. The predicted molar refractivity (Wildman–Crippen MR) is 129 cm³/mol. The summed E-state index contributed by atoms with van der Waals surface area (Å²) in [6, 6.07) is 22.7. The first-order valence-electron chi connectivity index (χ1n) is 10.6. The van der Waals surface area contributed by atoms with Gasteiger partial charge in [0.1, 0.15) is 5.70 Å². The van der Waals surface area contributed by atoms with Crippen LogP contribution in [0, 0.1) is 6.92 Å². The van der Waals surface area contributed by atoms with Crippen LogP contribution in [0.15, 0.2) is 78.5 Å². The molecule has 0 aromatic heterocycles. The molecule has 3 aromatic carbocycles. The van der Waals surface area contributed by atoms with E-state index in [4.69, 9.17) is 11.6 Å². The van der Waals surface area contributed by atoms with Crippen LogP contribution in [0.1, 0.15) is 42.0 Å². The molecule has 2 amide bonds. The second kappa shape index (κ2) is 9.01. The monoisotopic (exact) mass is 444 g/mol. The number of rotatable bonds is 6. The third-order valence-corrected chi connectivity index (χ3v) is 5.86. The van der Waals surface area contributed by atoms with Gasteiger partial charge in [0.2, 0.25) is 0 Å². The van der Waals surface area contributed by atoms with Gasteiger partial charge in [-0.15, -0.1) is 0 Å². The molecular weight excluding hydrogens is 420 g/mol. The molecule has 1 aliphatic rings. The standard InChI is InChI=1S/C27H25ClN2O2/c1-17(2)20-10-14-23(15-11-20)29-25-24(21-8-4-18(3)5-9-21)26(31)30(27(25)32)16-19-6-12-22(28)13-7-19/h4-15,17,29H,16H2,1-3H3. The highest BCUT2D eigenvalue weighted by Gasteiger charge is 2.39.